The van der Waals surface area contributed by atoms with Gasteiger partial charge < -0.3 is 9.84 Å². The first-order valence-electron chi connectivity index (χ1n) is 4.73. The average Bonchev–Trinajstić information content (AvgIpc) is 2.27. The van der Waals surface area contributed by atoms with Crippen molar-refractivity contribution in [3.63, 3.8) is 0 Å². The Hall–Kier alpha value is -1.61. The monoisotopic (exact) mass is 206 g/mol. The Kier molecular flexibility index (Phi) is 4.57. The largest absolute Gasteiger partial charge is 0.460 e. The molecule has 0 aliphatic heterocycles. The standard InChI is InChI=1S/C12H14O3/c1-10(12(14)15-8-7-13)9-11-5-3-2-4-6-11/h2-6,13H,1,7-9H2. The van der Waals surface area contributed by atoms with Gasteiger partial charge in [-0.2, -0.15) is 0 Å². The molecule has 0 atom stereocenters. The van der Waals surface area contributed by atoms with Gasteiger partial charge in [-0.25, -0.2) is 4.79 Å². The first kappa shape index (κ1) is 11.5. The second kappa shape index (κ2) is 5.98. The van der Waals surface area contributed by atoms with E-state index < -0.39 is 5.97 Å². The van der Waals surface area contributed by atoms with Crippen LogP contribution in [-0.2, 0) is 16.0 Å². The number of ether oxygens (including phenoxy) is 1. The molecule has 0 amide bonds. The molecule has 0 radical (unpaired) electrons. The zero-order valence-electron chi connectivity index (χ0n) is 8.48. The van der Waals surface area contributed by atoms with Crippen molar-refractivity contribution >= 4 is 5.97 Å². The van der Waals surface area contributed by atoms with Crippen molar-refractivity contribution in [1.82, 2.24) is 0 Å². The first-order valence-corrected chi connectivity index (χ1v) is 4.73. The van der Waals surface area contributed by atoms with E-state index >= 15 is 0 Å². The molecule has 0 unspecified atom stereocenters. The van der Waals surface area contributed by atoms with E-state index in [2.05, 4.69) is 6.58 Å². The second-order valence-electron chi connectivity index (χ2n) is 3.13. The number of hydrogen-bond acceptors (Lipinski definition) is 3. The summed E-state index contributed by atoms with van der Waals surface area (Å²) in [7, 11) is 0. The van der Waals surface area contributed by atoms with Gasteiger partial charge in [-0.3, -0.25) is 0 Å². The summed E-state index contributed by atoms with van der Waals surface area (Å²) in [4.78, 5) is 11.3. The molecule has 3 heteroatoms. The summed E-state index contributed by atoms with van der Waals surface area (Å²) in [6, 6.07) is 9.56. The predicted octanol–water partition coefficient (Wildman–Crippen LogP) is 1.32. The van der Waals surface area contributed by atoms with E-state index in [4.69, 9.17) is 9.84 Å². The smallest absolute Gasteiger partial charge is 0.333 e. The number of benzene rings is 1. The number of esters is 1. The molecule has 0 bridgehead atoms. The Balaban J connectivity index is 2.45. The molecule has 3 nitrogen and oxygen atoms in total. The van der Waals surface area contributed by atoms with Crippen molar-refractivity contribution in [2.24, 2.45) is 0 Å². The first-order chi connectivity index (χ1) is 7.24. The summed E-state index contributed by atoms with van der Waals surface area (Å²) in [5.41, 5.74) is 1.41. The molecule has 1 aromatic carbocycles. The molecule has 0 fully saturated rings. The van der Waals surface area contributed by atoms with E-state index in [9.17, 15) is 4.79 Å². The molecule has 0 aromatic heterocycles. The lowest BCUT2D eigenvalue weighted by atomic mass is 10.1. The van der Waals surface area contributed by atoms with Crippen molar-refractivity contribution < 1.29 is 14.6 Å². The lowest BCUT2D eigenvalue weighted by molar-refractivity contribution is -0.140. The van der Waals surface area contributed by atoms with Gasteiger partial charge in [-0.15, -0.1) is 0 Å². The van der Waals surface area contributed by atoms with Crippen LogP contribution in [0.1, 0.15) is 5.56 Å². The third kappa shape index (κ3) is 3.95. The Bertz CT molecular complexity index is 330. The van der Waals surface area contributed by atoms with Crippen molar-refractivity contribution in [2.75, 3.05) is 13.2 Å². The zero-order chi connectivity index (χ0) is 11.1. The molecule has 0 spiro atoms. The van der Waals surface area contributed by atoms with Crippen LogP contribution in [0, 0.1) is 0 Å². The molecule has 1 aromatic rings. The van der Waals surface area contributed by atoms with Crippen molar-refractivity contribution in [3.8, 4) is 0 Å². The minimum atomic E-state index is -0.451. The highest BCUT2D eigenvalue weighted by molar-refractivity contribution is 5.88. The minimum Gasteiger partial charge on any atom is -0.460 e. The van der Waals surface area contributed by atoms with Gasteiger partial charge in [0.15, 0.2) is 0 Å². The molecule has 80 valence electrons. The number of carbonyl (C=O) groups is 1. The van der Waals surface area contributed by atoms with Crippen LogP contribution >= 0.6 is 0 Å². The number of hydrogen-bond donors (Lipinski definition) is 1. The van der Waals surface area contributed by atoms with Crippen LogP contribution in [0.25, 0.3) is 0 Å². The lowest BCUT2D eigenvalue weighted by Gasteiger charge is -2.05. The maximum absolute atomic E-state index is 11.3. The number of aliphatic hydroxyl groups is 1. The highest BCUT2D eigenvalue weighted by Crippen LogP contribution is 2.07. The summed E-state index contributed by atoms with van der Waals surface area (Å²) in [5.74, 6) is -0.451. The molecule has 0 heterocycles. The molecule has 0 saturated heterocycles. The van der Waals surface area contributed by atoms with E-state index in [0.29, 0.717) is 12.0 Å². The topological polar surface area (TPSA) is 46.5 Å². The Morgan fingerprint density at radius 1 is 1.33 bits per heavy atom. The number of carbonyl (C=O) groups excluding carboxylic acids is 1. The highest BCUT2D eigenvalue weighted by atomic mass is 16.5. The van der Waals surface area contributed by atoms with Crippen LogP contribution in [0.2, 0.25) is 0 Å². The molecule has 1 rings (SSSR count). The van der Waals surface area contributed by atoms with Crippen LogP contribution in [0.4, 0.5) is 0 Å². The van der Waals surface area contributed by atoms with Crippen LogP contribution in [0.5, 0.6) is 0 Å². The third-order valence-electron chi connectivity index (χ3n) is 1.87. The molecular formula is C12H14O3. The van der Waals surface area contributed by atoms with Crippen molar-refractivity contribution in [2.45, 2.75) is 6.42 Å². The van der Waals surface area contributed by atoms with Gasteiger partial charge in [0.2, 0.25) is 0 Å². The quantitative estimate of drug-likeness (QED) is 0.584. The molecule has 15 heavy (non-hydrogen) atoms. The van der Waals surface area contributed by atoms with E-state index in [1.165, 1.54) is 0 Å². The number of rotatable bonds is 5. The van der Waals surface area contributed by atoms with Gasteiger partial charge in [0.25, 0.3) is 0 Å². The summed E-state index contributed by atoms with van der Waals surface area (Å²) in [6.07, 6.45) is 0.477. The van der Waals surface area contributed by atoms with E-state index in [1.54, 1.807) is 0 Å². The Morgan fingerprint density at radius 3 is 2.60 bits per heavy atom. The zero-order valence-corrected chi connectivity index (χ0v) is 8.48. The third-order valence-corrected chi connectivity index (χ3v) is 1.87. The molecule has 0 saturated carbocycles. The van der Waals surface area contributed by atoms with Gasteiger partial charge in [-0.1, -0.05) is 36.9 Å². The summed E-state index contributed by atoms with van der Waals surface area (Å²) in [5, 5.41) is 8.48. The molecule has 0 aliphatic rings. The fraction of sp³-hybridized carbons (Fsp3) is 0.250. The van der Waals surface area contributed by atoms with Gasteiger partial charge in [0.05, 0.1) is 6.61 Å². The molecule has 0 aliphatic carbocycles. The summed E-state index contributed by atoms with van der Waals surface area (Å²) in [6.45, 7) is 3.50. The number of aliphatic hydroxyl groups excluding tert-OH is 1. The van der Waals surface area contributed by atoms with Crippen LogP contribution in [0.3, 0.4) is 0 Å². The highest BCUT2D eigenvalue weighted by Gasteiger charge is 2.08. The SMILES string of the molecule is C=C(Cc1ccccc1)C(=O)OCCO. The average molecular weight is 206 g/mol. The molecular weight excluding hydrogens is 192 g/mol. The van der Waals surface area contributed by atoms with Crippen molar-refractivity contribution in [1.29, 1.82) is 0 Å². The van der Waals surface area contributed by atoms with Gasteiger partial charge in [0, 0.05) is 12.0 Å². The van der Waals surface area contributed by atoms with Crippen molar-refractivity contribution in [3.05, 3.63) is 48.0 Å². The van der Waals surface area contributed by atoms with Gasteiger partial charge in [-0.05, 0) is 5.56 Å². The lowest BCUT2D eigenvalue weighted by Crippen LogP contribution is -2.11. The molecule has 1 N–H and O–H groups in total. The van der Waals surface area contributed by atoms with Gasteiger partial charge >= 0.3 is 5.97 Å². The van der Waals surface area contributed by atoms with E-state index in [1.807, 2.05) is 30.3 Å². The second-order valence-corrected chi connectivity index (χ2v) is 3.13. The minimum absolute atomic E-state index is 0.0205. The fourth-order valence-electron chi connectivity index (χ4n) is 1.15. The van der Waals surface area contributed by atoms with E-state index in [0.717, 1.165) is 5.56 Å². The maximum Gasteiger partial charge on any atom is 0.333 e. The van der Waals surface area contributed by atoms with Crippen LogP contribution in [-0.4, -0.2) is 24.3 Å². The normalized spacial score (nSPS) is 9.67. The Morgan fingerprint density at radius 2 is 2.00 bits per heavy atom. The van der Waals surface area contributed by atoms with Gasteiger partial charge in [0.1, 0.15) is 6.61 Å². The van der Waals surface area contributed by atoms with Crippen LogP contribution < -0.4 is 0 Å². The van der Waals surface area contributed by atoms with Crippen LogP contribution in [0.15, 0.2) is 42.5 Å². The predicted molar refractivity (Wildman–Crippen MR) is 57.3 cm³/mol. The van der Waals surface area contributed by atoms with E-state index in [-0.39, 0.29) is 13.2 Å². The maximum atomic E-state index is 11.3. The summed E-state index contributed by atoms with van der Waals surface area (Å²) >= 11 is 0. The Labute approximate surface area is 89.0 Å². The fourth-order valence-corrected chi connectivity index (χ4v) is 1.15. The summed E-state index contributed by atoms with van der Waals surface area (Å²) < 4.78 is 4.74.